The first-order valence-corrected chi connectivity index (χ1v) is 10.2. The summed E-state index contributed by atoms with van der Waals surface area (Å²) in [5.74, 6) is 1.15. The van der Waals surface area contributed by atoms with Gasteiger partial charge in [-0.25, -0.2) is 28.2 Å². The van der Waals surface area contributed by atoms with Crippen molar-refractivity contribution < 1.29 is 13.5 Å². The van der Waals surface area contributed by atoms with Crippen molar-refractivity contribution in [1.29, 1.82) is 0 Å². The van der Waals surface area contributed by atoms with E-state index >= 15 is 0 Å². The van der Waals surface area contributed by atoms with E-state index in [9.17, 15) is 8.78 Å². The molecule has 0 spiro atoms. The number of pyridine rings is 1. The largest absolute Gasteiger partial charge is 0.486 e. The number of thiophene rings is 1. The zero-order valence-corrected chi connectivity index (χ0v) is 17.4. The maximum Gasteiger partial charge on any atom is 0.280 e. The standard InChI is InChI=1S/C20H14ClF2N5OS/c1-9-5-11(3-4-12(9)21)29-7-14-26-19-17-16(24-8-28(19)27-14)15-10(2)6-13(18(22)23)25-20(15)30-17/h3-6,8,18H,7H2,1-2H3. The average molecular weight is 446 g/mol. The van der Waals surface area contributed by atoms with Crippen LogP contribution in [0.3, 0.4) is 0 Å². The molecule has 0 N–H and O–H groups in total. The lowest BCUT2D eigenvalue weighted by atomic mass is 10.1. The fraction of sp³-hybridized carbons (Fsp3) is 0.200. The summed E-state index contributed by atoms with van der Waals surface area (Å²) in [5, 5.41) is 5.85. The third-order valence-corrected chi connectivity index (χ3v) is 6.24. The van der Waals surface area contributed by atoms with Crippen LogP contribution >= 0.6 is 22.9 Å². The van der Waals surface area contributed by atoms with Gasteiger partial charge in [0.1, 0.15) is 33.9 Å². The molecule has 152 valence electrons. The van der Waals surface area contributed by atoms with E-state index in [1.807, 2.05) is 13.0 Å². The topological polar surface area (TPSA) is 65.2 Å². The number of rotatable bonds is 4. The normalized spacial score (nSPS) is 11.9. The highest BCUT2D eigenvalue weighted by Crippen LogP contribution is 2.36. The first kappa shape index (κ1) is 19.1. The number of aryl methyl sites for hydroxylation is 2. The highest BCUT2D eigenvalue weighted by molar-refractivity contribution is 7.26. The summed E-state index contributed by atoms with van der Waals surface area (Å²) < 4.78 is 34.4. The van der Waals surface area contributed by atoms with Gasteiger partial charge in [0.15, 0.2) is 11.5 Å². The number of hydrogen-bond acceptors (Lipinski definition) is 6. The molecule has 4 heterocycles. The highest BCUT2D eigenvalue weighted by atomic mass is 35.5. The van der Waals surface area contributed by atoms with E-state index in [1.54, 1.807) is 29.9 Å². The molecule has 0 bridgehead atoms. The minimum absolute atomic E-state index is 0.169. The Balaban J connectivity index is 1.55. The highest BCUT2D eigenvalue weighted by Gasteiger charge is 2.19. The van der Waals surface area contributed by atoms with Gasteiger partial charge in [0.05, 0.1) is 5.52 Å². The van der Waals surface area contributed by atoms with Gasteiger partial charge in [-0.15, -0.1) is 16.4 Å². The first-order valence-electron chi connectivity index (χ1n) is 9.02. The lowest BCUT2D eigenvalue weighted by Gasteiger charge is -2.05. The Morgan fingerprint density at radius 1 is 1.17 bits per heavy atom. The molecule has 6 nitrogen and oxygen atoms in total. The Morgan fingerprint density at radius 2 is 2.00 bits per heavy atom. The smallest absolute Gasteiger partial charge is 0.280 e. The van der Waals surface area contributed by atoms with Crippen molar-refractivity contribution in [3.05, 3.63) is 58.3 Å². The number of halogens is 3. The summed E-state index contributed by atoms with van der Waals surface area (Å²) in [6, 6.07) is 6.81. The number of hydrogen-bond donors (Lipinski definition) is 0. The van der Waals surface area contributed by atoms with Crippen molar-refractivity contribution in [3.8, 4) is 5.75 Å². The van der Waals surface area contributed by atoms with Gasteiger partial charge < -0.3 is 4.74 Å². The zero-order valence-electron chi connectivity index (χ0n) is 15.9. The van der Waals surface area contributed by atoms with Gasteiger partial charge in [-0.05, 0) is 49.2 Å². The van der Waals surface area contributed by atoms with E-state index in [0.717, 1.165) is 15.6 Å². The van der Waals surface area contributed by atoms with Crippen LogP contribution in [0.1, 0.15) is 29.1 Å². The van der Waals surface area contributed by atoms with Gasteiger partial charge in [-0.3, -0.25) is 0 Å². The Bertz CT molecular complexity index is 1430. The molecule has 5 rings (SSSR count). The number of ether oxygens (including phenoxy) is 1. The molecule has 0 radical (unpaired) electrons. The molecule has 0 atom stereocenters. The third kappa shape index (κ3) is 3.14. The number of benzene rings is 1. The monoisotopic (exact) mass is 445 g/mol. The van der Waals surface area contributed by atoms with E-state index in [0.29, 0.717) is 38.2 Å². The van der Waals surface area contributed by atoms with Crippen LogP contribution in [0.4, 0.5) is 8.78 Å². The van der Waals surface area contributed by atoms with Crippen molar-refractivity contribution in [2.75, 3.05) is 0 Å². The van der Waals surface area contributed by atoms with E-state index in [1.165, 1.54) is 17.4 Å². The minimum Gasteiger partial charge on any atom is -0.486 e. The number of alkyl halides is 2. The Morgan fingerprint density at radius 3 is 2.77 bits per heavy atom. The molecule has 10 heteroatoms. The third-order valence-electron chi connectivity index (χ3n) is 4.75. The van der Waals surface area contributed by atoms with Gasteiger partial charge in [0.25, 0.3) is 6.43 Å². The van der Waals surface area contributed by atoms with E-state index in [-0.39, 0.29) is 12.3 Å². The van der Waals surface area contributed by atoms with E-state index in [2.05, 4.69) is 20.1 Å². The number of nitrogens with zero attached hydrogens (tertiary/aromatic N) is 5. The Labute approximate surface area is 178 Å². The van der Waals surface area contributed by atoms with Gasteiger partial charge in [-0.1, -0.05) is 11.6 Å². The molecule has 5 aromatic rings. The van der Waals surface area contributed by atoms with Crippen molar-refractivity contribution in [2.24, 2.45) is 0 Å². The van der Waals surface area contributed by atoms with Crippen LogP contribution in [0.25, 0.3) is 26.1 Å². The van der Waals surface area contributed by atoms with Crippen LogP contribution < -0.4 is 4.74 Å². The summed E-state index contributed by atoms with van der Waals surface area (Å²) in [6.07, 6.45) is -1.06. The van der Waals surface area contributed by atoms with Gasteiger partial charge in [0, 0.05) is 10.4 Å². The molecule has 4 aromatic heterocycles. The van der Waals surface area contributed by atoms with Gasteiger partial charge in [0.2, 0.25) is 0 Å². The fourth-order valence-electron chi connectivity index (χ4n) is 3.31. The summed E-state index contributed by atoms with van der Waals surface area (Å²) >= 11 is 7.32. The zero-order chi connectivity index (χ0) is 21.0. The molecule has 0 unspecified atom stereocenters. The number of fused-ring (bicyclic) bond motifs is 5. The fourth-order valence-corrected chi connectivity index (χ4v) is 4.61. The maximum atomic E-state index is 13.1. The predicted octanol–water partition coefficient (Wildman–Crippen LogP) is 5.67. The van der Waals surface area contributed by atoms with Crippen molar-refractivity contribution in [2.45, 2.75) is 26.9 Å². The molecule has 0 saturated heterocycles. The summed E-state index contributed by atoms with van der Waals surface area (Å²) in [5.41, 5.74) is 2.66. The lowest BCUT2D eigenvalue weighted by Crippen LogP contribution is -1.98. The SMILES string of the molecule is Cc1cc(OCc2nc3c4sc5nc(C(F)F)cc(C)c5c4ncn3n2)ccc1Cl. The minimum atomic E-state index is -2.63. The second kappa shape index (κ2) is 7.10. The summed E-state index contributed by atoms with van der Waals surface area (Å²) in [6.45, 7) is 3.85. The first-order chi connectivity index (χ1) is 14.4. The maximum absolute atomic E-state index is 13.1. The molecule has 0 aliphatic carbocycles. The quantitative estimate of drug-likeness (QED) is 0.356. The second-order valence-electron chi connectivity index (χ2n) is 6.87. The second-order valence-corrected chi connectivity index (χ2v) is 8.27. The Hall–Kier alpha value is -2.91. The van der Waals surface area contributed by atoms with Crippen LogP contribution in [0.2, 0.25) is 5.02 Å². The molecule has 0 aliphatic heterocycles. The molecular formula is C20H14ClF2N5OS. The van der Waals surface area contributed by atoms with Gasteiger partial charge in [-0.2, -0.15) is 0 Å². The Kier molecular flexibility index (Phi) is 4.52. The van der Waals surface area contributed by atoms with Crippen molar-refractivity contribution in [3.63, 3.8) is 0 Å². The van der Waals surface area contributed by atoms with Gasteiger partial charge >= 0.3 is 0 Å². The van der Waals surface area contributed by atoms with Crippen molar-refractivity contribution >= 4 is 49.0 Å². The van der Waals surface area contributed by atoms with Crippen LogP contribution in [-0.4, -0.2) is 24.6 Å². The van der Waals surface area contributed by atoms with Crippen LogP contribution in [0, 0.1) is 13.8 Å². The van der Waals surface area contributed by atoms with E-state index in [4.69, 9.17) is 16.3 Å². The molecule has 0 aliphatic rings. The van der Waals surface area contributed by atoms with Crippen molar-refractivity contribution in [1.82, 2.24) is 24.6 Å². The molecule has 30 heavy (non-hydrogen) atoms. The molecular weight excluding hydrogens is 432 g/mol. The van der Waals surface area contributed by atoms with Crippen LogP contribution in [-0.2, 0) is 6.61 Å². The summed E-state index contributed by atoms with van der Waals surface area (Å²) in [4.78, 5) is 13.7. The number of aromatic nitrogens is 5. The lowest BCUT2D eigenvalue weighted by molar-refractivity contribution is 0.146. The molecule has 0 fully saturated rings. The summed E-state index contributed by atoms with van der Waals surface area (Å²) in [7, 11) is 0. The molecule has 0 saturated carbocycles. The van der Waals surface area contributed by atoms with E-state index < -0.39 is 6.43 Å². The van der Waals surface area contributed by atoms with Crippen LogP contribution in [0.15, 0.2) is 30.6 Å². The molecule has 0 amide bonds. The van der Waals surface area contributed by atoms with Crippen LogP contribution in [0.5, 0.6) is 5.75 Å². The average Bonchev–Trinajstić information content (AvgIpc) is 3.29. The predicted molar refractivity (Wildman–Crippen MR) is 112 cm³/mol. The molecule has 1 aromatic carbocycles.